The third kappa shape index (κ3) is 4.21. The minimum Gasteiger partial charge on any atom is -0.478 e. The Balaban J connectivity index is 1.42. The van der Waals surface area contributed by atoms with E-state index in [0.717, 1.165) is 79.8 Å². The van der Waals surface area contributed by atoms with Crippen molar-refractivity contribution in [3.05, 3.63) is 70.9 Å². The molecule has 0 bridgehead atoms. The zero-order valence-electron chi connectivity index (χ0n) is 19.2. The molecule has 1 aromatic heterocycles. The Bertz CT molecular complexity index is 1170. The molecule has 6 nitrogen and oxygen atoms in total. The number of likely N-dealkylation sites (N-methyl/N-ethyl adjacent to an activating group) is 1. The van der Waals surface area contributed by atoms with Crippen LogP contribution in [0.15, 0.2) is 48.5 Å². The molecule has 1 N–H and O–H groups in total. The number of aromatic nitrogens is 1. The number of aromatic carboxylic acids is 1. The van der Waals surface area contributed by atoms with Crippen molar-refractivity contribution >= 4 is 22.7 Å². The highest BCUT2D eigenvalue weighted by molar-refractivity contribution is 6.11. The van der Waals surface area contributed by atoms with Gasteiger partial charge in [0.25, 0.3) is 0 Å². The maximum absolute atomic E-state index is 13.7. The highest BCUT2D eigenvalue weighted by Gasteiger charge is 2.34. The molecule has 1 atom stereocenters. The number of para-hydroxylation sites is 1. The fourth-order valence-corrected chi connectivity index (χ4v) is 5.43. The van der Waals surface area contributed by atoms with Gasteiger partial charge in [-0.2, -0.15) is 0 Å². The number of hydrogen-bond acceptors (Lipinski definition) is 4. The first-order valence-electron chi connectivity index (χ1n) is 12.0. The molecule has 5 rings (SSSR count). The summed E-state index contributed by atoms with van der Waals surface area (Å²) in [5, 5.41) is 10.2. The molecular weight excluding hydrogens is 414 g/mol. The number of piperazine rings is 1. The van der Waals surface area contributed by atoms with E-state index >= 15 is 0 Å². The van der Waals surface area contributed by atoms with Crippen molar-refractivity contribution in [3.63, 3.8) is 0 Å². The minimum absolute atomic E-state index is 0.0554. The van der Waals surface area contributed by atoms with Gasteiger partial charge in [-0.05, 0) is 43.1 Å². The lowest BCUT2D eigenvalue weighted by Gasteiger charge is -2.36. The molecule has 1 unspecified atom stereocenters. The highest BCUT2D eigenvalue weighted by Crippen LogP contribution is 2.35. The summed E-state index contributed by atoms with van der Waals surface area (Å²) in [4.78, 5) is 29.8. The van der Waals surface area contributed by atoms with Gasteiger partial charge in [0, 0.05) is 67.3 Å². The third-order valence-electron chi connectivity index (χ3n) is 7.36. The topological polar surface area (TPSA) is 65.8 Å². The number of ketones is 1. The van der Waals surface area contributed by atoms with Crippen LogP contribution in [-0.4, -0.2) is 70.5 Å². The van der Waals surface area contributed by atoms with Crippen molar-refractivity contribution in [2.75, 3.05) is 39.3 Å². The molecule has 0 saturated carbocycles. The third-order valence-corrected chi connectivity index (χ3v) is 7.36. The van der Waals surface area contributed by atoms with Crippen molar-refractivity contribution in [2.45, 2.75) is 26.3 Å². The van der Waals surface area contributed by atoms with Gasteiger partial charge in [0.1, 0.15) is 0 Å². The first-order chi connectivity index (χ1) is 16.0. The van der Waals surface area contributed by atoms with Crippen molar-refractivity contribution < 1.29 is 14.7 Å². The number of nitrogens with zero attached hydrogens (tertiary/aromatic N) is 3. The van der Waals surface area contributed by atoms with Gasteiger partial charge in [-0.25, -0.2) is 4.79 Å². The molecule has 172 valence electrons. The molecular formula is C27H31N3O3. The Kier molecular flexibility index (Phi) is 6.04. The van der Waals surface area contributed by atoms with Gasteiger partial charge in [-0.1, -0.05) is 37.3 Å². The molecule has 1 aliphatic heterocycles. The molecule has 1 fully saturated rings. The van der Waals surface area contributed by atoms with Gasteiger partial charge in [0.05, 0.1) is 5.56 Å². The molecule has 0 spiro atoms. The Morgan fingerprint density at radius 3 is 2.39 bits per heavy atom. The number of fused-ring (bicyclic) bond motifs is 3. The van der Waals surface area contributed by atoms with E-state index < -0.39 is 5.97 Å². The standard InChI is InChI=1S/C27H31N3O3/c1-2-28-13-15-29(16-14-28)18-21-11-12-24-25(26(21)31)22-5-3-4-6-23(22)30(24)17-19-7-9-20(10-8-19)27(32)33/h3-10,21H,2,11-18H2,1H3,(H,32,33). The summed E-state index contributed by atoms with van der Waals surface area (Å²) < 4.78 is 2.26. The Hall–Kier alpha value is -2.96. The summed E-state index contributed by atoms with van der Waals surface area (Å²) in [5.74, 6) is -0.580. The largest absolute Gasteiger partial charge is 0.478 e. The average Bonchev–Trinajstić information content (AvgIpc) is 3.16. The Labute approximate surface area is 194 Å². The van der Waals surface area contributed by atoms with Gasteiger partial charge >= 0.3 is 5.97 Å². The summed E-state index contributed by atoms with van der Waals surface area (Å²) in [6.45, 7) is 9.04. The van der Waals surface area contributed by atoms with Crippen LogP contribution >= 0.6 is 0 Å². The van der Waals surface area contributed by atoms with Crippen LogP contribution in [0.3, 0.4) is 0 Å². The lowest BCUT2D eigenvalue weighted by molar-refractivity contribution is 0.0696. The van der Waals surface area contributed by atoms with Crippen LogP contribution in [0.2, 0.25) is 0 Å². The van der Waals surface area contributed by atoms with Crippen molar-refractivity contribution in [1.82, 2.24) is 14.4 Å². The fraction of sp³-hybridized carbons (Fsp3) is 0.407. The molecule has 2 aromatic carbocycles. The lowest BCUT2D eigenvalue weighted by atomic mass is 9.84. The summed E-state index contributed by atoms with van der Waals surface area (Å²) in [7, 11) is 0. The smallest absolute Gasteiger partial charge is 0.335 e. The number of benzene rings is 2. The van der Waals surface area contributed by atoms with Crippen molar-refractivity contribution in [1.29, 1.82) is 0 Å². The van der Waals surface area contributed by atoms with Crippen LogP contribution in [0.4, 0.5) is 0 Å². The van der Waals surface area contributed by atoms with E-state index in [1.165, 1.54) is 0 Å². The van der Waals surface area contributed by atoms with Gasteiger partial charge in [0.2, 0.25) is 0 Å². The maximum Gasteiger partial charge on any atom is 0.335 e. The summed E-state index contributed by atoms with van der Waals surface area (Å²) in [6.07, 6.45) is 1.77. The lowest BCUT2D eigenvalue weighted by Crippen LogP contribution is -2.48. The van der Waals surface area contributed by atoms with E-state index in [0.29, 0.717) is 6.54 Å². The van der Waals surface area contributed by atoms with Crippen LogP contribution < -0.4 is 0 Å². The first-order valence-corrected chi connectivity index (χ1v) is 12.0. The fourth-order valence-electron chi connectivity index (χ4n) is 5.43. The number of rotatable bonds is 6. The van der Waals surface area contributed by atoms with Gasteiger partial charge in [-0.3, -0.25) is 4.79 Å². The van der Waals surface area contributed by atoms with E-state index in [1.54, 1.807) is 12.1 Å². The molecule has 1 aliphatic carbocycles. The second kappa shape index (κ2) is 9.12. The van der Waals surface area contributed by atoms with E-state index in [1.807, 2.05) is 24.3 Å². The molecule has 1 saturated heterocycles. The monoisotopic (exact) mass is 445 g/mol. The summed E-state index contributed by atoms with van der Waals surface area (Å²) in [5.41, 5.74) is 4.42. The molecule has 2 heterocycles. The van der Waals surface area contributed by atoms with Gasteiger partial charge in [-0.15, -0.1) is 0 Å². The summed E-state index contributed by atoms with van der Waals surface area (Å²) >= 11 is 0. The number of carbonyl (C=O) groups excluding carboxylic acids is 1. The van der Waals surface area contributed by atoms with Crippen LogP contribution in [0.25, 0.3) is 10.9 Å². The predicted octanol–water partition coefficient (Wildman–Crippen LogP) is 3.77. The molecule has 6 heteroatoms. The predicted molar refractivity (Wildman–Crippen MR) is 129 cm³/mol. The Morgan fingerprint density at radius 1 is 1.00 bits per heavy atom. The SMILES string of the molecule is CCN1CCN(CC2CCc3c(c4ccccc4n3Cc3ccc(C(=O)O)cc3)C2=O)CC1. The van der Waals surface area contributed by atoms with Crippen LogP contribution in [0.5, 0.6) is 0 Å². The normalized spacial score (nSPS) is 19.7. The maximum atomic E-state index is 13.7. The highest BCUT2D eigenvalue weighted by atomic mass is 16.4. The van der Waals surface area contributed by atoms with E-state index in [2.05, 4.69) is 33.4 Å². The van der Waals surface area contributed by atoms with Gasteiger partial charge < -0.3 is 19.5 Å². The molecule has 0 radical (unpaired) electrons. The van der Waals surface area contributed by atoms with Crippen molar-refractivity contribution in [3.8, 4) is 0 Å². The van der Waals surface area contributed by atoms with E-state index in [-0.39, 0.29) is 17.3 Å². The number of carboxylic acids is 1. The molecule has 33 heavy (non-hydrogen) atoms. The number of hydrogen-bond donors (Lipinski definition) is 1. The van der Waals surface area contributed by atoms with Gasteiger partial charge in [0.15, 0.2) is 5.78 Å². The van der Waals surface area contributed by atoms with Crippen molar-refractivity contribution in [2.24, 2.45) is 5.92 Å². The summed E-state index contributed by atoms with van der Waals surface area (Å²) in [6, 6.07) is 15.2. The molecule has 3 aromatic rings. The van der Waals surface area contributed by atoms with E-state index in [4.69, 9.17) is 0 Å². The minimum atomic E-state index is -0.918. The van der Waals surface area contributed by atoms with Crippen LogP contribution in [0, 0.1) is 5.92 Å². The number of carboxylic acid groups (broad SMARTS) is 1. The molecule has 2 aliphatic rings. The average molecular weight is 446 g/mol. The second-order valence-corrected chi connectivity index (χ2v) is 9.26. The molecule has 0 amide bonds. The number of Topliss-reactive ketones (excluding diaryl/α,β-unsaturated/α-hetero) is 1. The van der Waals surface area contributed by atoms with Crippen LogP contribution in [-0.2, 0) is 13.0 Å². The zero-order chi connectivity index (χ0) is 22.9. The second-order valence-electron chi connectivity index (χ2n) is 9.26. The number of carbonyl (C=O) groups is 2. The quantitative estimate of drug-likeness (QED) is 0.626. The Morgan fingerprint density at radius 2 is 1.70 bits per heavy atom. The van der Waals surface area contributed by atoms with Crippen LogP contribution in [0.1, 0.15) is 45.3 Å². The zero-order valence-corrected chi connectivity index (χ0v) is 19.2. The first kappa shape index (κ1) is 21.9. The van der Waals surface area contributed by atoms with E-state index in [9.17, 15) is 14.7 Å².